The molecule has 3 nitrogen and oxygen atoms in total. The summed E-state index contributed by atoms with van der Waals surface area (Å²) in [6.45, 7) is 2.53. The van der Waals surface area contributed by atoms with E-state index in [1.807, 2.05) is 31.2 Å². The van der Waals surface area contributed by atoms with Crippen LogP contribution in [-0.4, -0.2) is 11.0 Å². The van der Waals surface area contributed by atoms with E-state index in [0.29, 0.717) is 12.1 Å². The Balaban J connectivity index is 1.96. The minimum Gasteiger partial charge on any atom is -0.508 e. The van der Waals surface area contributed by atoms with E-state index < -0.39 is 0 Å². The zero-order valence-electron chi connectivity index (χ0n) is 10.2. The van der Waals surface area contributed by atoms with Gasteiger partial charge in [0.05, 0.1) is 0 Å². The second-order valence-corrected chi connectivity index (χ2v) is 4.22. The summed E-state index contributed by atoms with van der Waals surface area (Å²) in [5.41, 5.74) is 2.80. The summed E-state index contributed by atoms with van der Waals surface area (Å²) in [5.74, 6) is 0.0145. The number of hydrogen-bond donors (Lipinski definition) is 2. The third-order valence-electron chi connectivity index (χ3n) is 2.70. The quantitative estimate of drug-likeness (QED) is 0.867. The van der Waals surface area contributed by atoms with Gasteiger partial charge >= 0.3 is 0 Å². The number of phenols is 1. The third-order valence-corrected chi connectivity index (χ3v) is 2.70. The Morgan fingerprint density at radius 1 is 1.06 bits per heavy atom. The molecule has 0 unspecified atom stereocenters. The fourth-order valence-electron chi connectivity index (χ4n) is 1.60. The number of carbonyl (C=O) groups excluding carboxylic acids is 1. The van der Waals surface area contributed by atoms with E-state index in [4.69, 9.17) is 5.11 Å². The van der Waals surface area contributed by atoms with Crippen LogP contribution in [0.1, 0.15) is 21.5 Å². The van der Waals surface area contributed by atoms with Crippen molar-refractivity contribution in [3.05, 3.63) is 65.2 Å². The van der Waals surface area contributed by atoms with Crippen LogP contribution >= 0.6 is 0 Å². The Bertz CT molecular complexity index is 529. The Kier molecular flexibility index (Phi) is 3.63. The van der Waals surface area contributed by atoms with E-state index in [-0.39, 0.29) is 11.7 Å². The van der Waals surface area contributed by atoms with Gasteiger partial charge in [0, 0.05) is 12.1 Å². The van der Waals surface area contributed by atoms with Gasteiger partial charge in [-0.25, -0.2) is 0 Å². The summed E-state index contributed by atoms with van der Waals surface area (Å²) < 4.78 is 0. The van der Waals surface area contributed by atoms with Crippen molar-refractivity contribution in [1.82, 2.24) is 5.32 Å². The first-order valence-corrected chi connectivity index (χ1v) is 5.78. The van der Waals surface area contributed by atoms with Gasteiger partial charge in [0.1, 0.15) is 5.75 Å². The Hall–Kier alpha value is -2.29. The molecular weight excluding hydrogens is 226 g/mol. The van der Waals surface area contributed by atoms with Crippen LogP contribution in [0.5, 0.6) is 5.75 Å². The first-order chi connectivity index (χ1) is 8.65. The largest absolute Gasteiger partial charge is 0.508 e. The molecule has 0 saturated heterocycles. The molecule has 0 fully saturated rings. The Labute approximate surface area is 106 Å². The van der Waals surface area contributed by atoms with Crippen LogP contribution in [0, 0.1) is 6.92 Å². The first kappa shape index (κ1) is 12.2. The number of aromatic hydroxyl groups is 1. The molecule has 0 aromatic heterocycles. The van der Waals surface area contributed by atoms with Gasteiger partial charge in [0.2, 0.25) is 0 Å². The number of carbonyl (C=O) groups is 1. The van der Waals surface area contributed by atoms with Crippen molar-refractivity contribution in [2.45, 2.75) is 13.5 Å². The summed E-state index contributed by atoms with van der Waals surface area (Å²) >= 11 is 0. The monoisotopic (exact) mass is 241 g/mol. The standard InChI is InChI=1S/C15H15NO2/c1-11-2-4-12(5-3-11)10-16-15(18)13-6-8-14(17)9-7-13/h2-9,17H,10H2,1H3,(H,16,18). The van der Waals surface area contributed by atoms with Crippen LogP contribution in [0.2, 0.25) is 0 Å². The van der Waals surface area contributed by atoms with E-state index in [2.05, 4.69) is 5.32 Å². The van der Waals surface area contributed by atoms with Crippen molar-refractivity contribution >= 4 is 5.91 Å². The summed E-state index contributed by atoms with van der Waals surface area (Å²) in [6, 6.07) is 14.2. The minimum absolute atomic E-state index is 0.143. The van der Waals surface area contributed by atoms with Crippen molar-refractivity contribution in [2.75, 3.05) is 0 Å². The second-order valence-electron chi connectivity index (χ2n) is 4.22. The second kappa shape index (κ2) is 5.36. The molecule has 0 atom stereocenters. The molecule has 2 rings (SSSR count). The van der Waals surface area contributed by atoms with Gasteiger partial charge in [0.15, 0.2) is 0 Å². The lowest BCUT2D eigenvalue weighted by Crippen LogP contribution is -2.22. The van der Waals surface area contributed by atoms with Crippen LogP contribution in [0.4, 0.5) is 0 Å². The lowest BCUT2D eigenvalue weighted by atomic mass is 10.1. The smallest absolute Gasteiger partial charge is 0.251 e. The molecule has 0 heterocycles. The molecule has 2 aromatic rings. The van der Waals surface area contributed by atoms with Crippen molar-refractivity contribution < 1.29 is 9.90 Å². The van der Waals surface area contributed by atoms with Crippen LogP contribution in [-0.2, 0) is 6.54 Å². The van der Waals surface area contributed by atoms with Gasteiger partial charge in [0.25, 0.3) is 5.91 Å². The average molecular weight is 241 g/mol. The molecule has 3 heteroatoms. The minimum atomic E-state index is -0.143. The molecule has 2 N–H and O–H groups in total. The van der Waals surface area contributed by atoms with Crippen molar-refractivity contribution in [1.29, 1.82) is 0 Å². The van der Waals surface area contributed by atoms with Gasteiger partial charge < -0.3 is 10.4 Å². The summed E-state index contributed by atoms with van der Waals surface area (Å²) in [6.07, 6.45) is 0. The molecule has 1 amide bonds. The number of amides is 1. The maximum atomic E-state index is 11.8. The molecule has 18 heavy (non-hydrogen) atoms. The van der Waals surface area contributed by atoms with Crippen molar-refractivity contribution in [2.24, 2.45) is 0 Å². The van der Waals surface area contributed by atoms with E-state index in [0.717, 1.165) is 5.56 Å². The Morgan fingerprint density at radius 2 is 1.67 bits per heavy atom. The molecular formula is C15H15NO2. The molecule has 0 aliphatic heterocycles. The number of nitrogens with one attached hydrogen (secondary N) is 1. The third kappa shape index (κ3) is 3.10. The SMILES string of the molecule is Cc1ccc(CNC(=O)c2ccc(O)cc2)cc1. The molecule has 0 spiro atoms. The normalized spacial score (nSPS) is 10.1. The fraction of sp³-hybridized carbons (Fsp3) is 0.133. The highest BCUT2D eigenvalue weighted by Gasteiger charge is 2.04. The number of aryl methyl sites for hydroxylation is 1. The Morgan fingerprint density at radius 3 is 2.28 bits per heavy atom. The lowest BCUT2D eigenvalue weighted by molar-refractivity contribution is 0.0951. The highest BCUT2D eigenvalue weighted by atomic mass is 16.3. The van der Waals surface area contributed by atoms with E-state index >= 15 is 0 Å². The van der Waals surface area contributed by atoms with Crippen LogP contribution < -0.4 is 5.32 Å². The van der Waals surface area contributed by atoms with Crippen molar-refractivity contribution in [3.63, 3.8) is 0 Å². The van der Waals surface area contributed by atoms with Gasteiger partial charge in [-0.05, 0) is 36.8 Å². The van der Waals surface area contributed by atoms with Gasteiger partial charge in [-0.1, -0.05) is 29.8 Å². The van der Waals surface area contributed by atoms with Crippen molar-refractivity contribution in [3.8, 4) is 5.75 Å². The average Bonchev–Trinajstić information content (AvgIpc) is 2.38. The molecule has 0 aliphatic carbocycles. The lowest BCUT2D eigenvalue weighted by Gasteiger charge is -2.06. The van der Waals surface area contributed by atoms with E-state index in [1.54, 1.807) is 12.1 Å². The number of phenolic OH excluding ortho intramolecular Hbond substituents is 1. The highest BCUT2D eigenvalue weighted by molar-refractivity contribution is 5.94. The summed E-state index contributed by atoms with van der Waals surface area (Å²) in [4.78, 5) is 11.8. The maximum absolute atomic E-state index is 11.8. The van der Waals surface area contributed by atoms with Gasteiger partial charge in [-0.3, -0.25) is 4.79 Å². The molecule has 2 aromatic carbocycles. The van der Waals surface area contributed by atoms with Gasteiger partial charge in [-0.2, -0.15) is 0 Å². The molecule has 0 radical (unpaired) electrons. The predicted molar refractivity (Wildman–Crippen MR) is 70.5 cm³/mol. The first-order valence-electron chi connectivity index (χ1n) is 5.78. The zero-order chi connectivity index (χ0) is 13.0. The number of rotatable bonds is 3. The number of hydrogen-bond acceptors (Lipinski definition) is 2. The fourth-order valence-corrected chi connectivity index (χ4v) is 1.60. The molecule has 92 valence electrons. The topological polar surface area (TPSA) is 49.3 Å². The predicted octanol–water partition coefficient (Wildman–Crippen LogP) is 2.63. The summed E-state index contributed by atoms with van der Waals surface area (Å²) in [5, 5.41) is 12.0. The summed E-state index contributed by atoms with van der Waals surface area (Å²) in [7, 11) is 0. The van der Waals surface area contributed by atoms with Gasteiger partial charge in [-0.15, -0.1) is 0 Å². The van der Waals surface area contributed by atoms with Crippen LogP contribution in [0.15, 0.2) is 48.5 Å². The van der Waals surface area contributed by atoms with Crippen LogP contribution in [0.25, 0.3) is 0 Å². The van der Waals surface area contributed by atoms with Crippen LogP contribution in [0.3, 0.4) is 0 Å². The zero-order valence-corrected chi connectivity index (χ0v) is 10.2. The van der Waals surface area contributed by atoms with E-state index in [1.165, 1.54) is 17.7 Å². The molecule has 0 aliphatic rings. The molecule has 0 bridgehead atoms. The van der Waals surface area contributed by atoms with E-state index in [9.17, 15) is 4.79 Å². The number of benzene rings is 2. The molecule has 0 saturated carbocycles. The maximum Gasteiger partial charge on any atom is 0.251 e. The highest BCUT2D eigenvalue weighted by Crippen LogP contribution is 2.09.